The molecule has 0 saturated heterocycles. The molecule has 2 rings (SSSR count). The first kappa shape index (κ1) is 12.3. The van der Waals surface area contributed by atoms with E-state index in [1.807, 2.05) is 0 Å². The van der Waals surface area contributed by atoms with E-state index >= 15 is 0 Å². The second-order valence-corrected chi connectivity index (χ2v) is 3.98. The summed E-state index contributed by atoms with van der Waals surface area (Å²) >= 11 is 0. The number of carbonyl (C=O) groups excluding carboxylic acids is 1. The lowest BCUT2D eigenvalue weighted by atomic mass is 10.0. The predicted molar refractivity (Wildman–Crippen MR) is 65.1 cm³/mol. The van der Waals surface area contributed by atoms with Gasteiger partial charge in [-0.2, -0.15) is 0 Å². The largest absolute Gasteiger partial charge is 0.507 e. The first-order valence-electron chi connectivity index (χ1n) is 5.62. The number of hydrogen-bond donors (Lipinski definition) is 2. The van der Waals surface area contributed by atoms with Crippen LogP contribution < -0.4 is 4.74 Å². The topological polar surface area (TPSA) is 79.9 Å². The Labute approximate surface area is 104 Å². The quantitative estimate of drug-likeness (QED) is 0.870. The summed E-state index contributed by atoms with van der Waals surface area (Å²) in [5.74, 6) is -0.389. The van der Waals surface area contributed by atoms with Gasteiger partial charge in [-0.25, -0.2) is 0 Å². The molecule has 5 heteroatoms. The number of carbonyl (C=O) groups is 1. The van der Waals surface area contributed by atoms with Crippen LogP contribution in [0.1, 0.15) is 19.4 Å². The second-order valence-electron chi connectivity index (χ2n) is 3.98. The Hall–Kier alpha value is -2.17. The molecule has 0 fully saturated rings. The second kappa shape index (κ2) is 4.60. The smallest absolute Gasteiger partial charge is 0.205 e. The Morgan fingerprint density at radius 3 is 2.72 bits per heavy atom. The van der Waals surface area contributed by atoms with Crippen LogP contribution in [0, 0.1) is 0 Å². The minimum atomic E-state index is -0.244. The molecule has 1 aromatic carbocycles. The molecule has 18 heavy (non-hydrogen) atoms. The highest BCUT2D eigenvalue weighted by molar-refractivity contribution is 5.95. The Bertz CT molecular complexity index is 597. The van der Waals surface area contributed by atoms with Crippen molar-refractivity contribution in [2.45, 2.75) is 20.3 Å². The highest BCUT2D eigenvalue weighted by Gasteiger charge is 2.22. The molecule has 0 saturated carbocycles. The third-order valence-electron chi connectivity index (χ3n) is 2.63. The van der Waals surface area contributed by atoms with E-state index in [4.69, 9.17) is 9.15 Å². The van der Waals surface area contributed by atoms with Crippen molar-refractivity contribution >= 4 is 16.8 Å². The van der Waals surface area contributed by atoms with Gasteiger partial charge < -0.3 is 19.4 Å². The molecule has 0 aliphatic heterocycles. The SMILES string of the molecule is CCOc1c(O)c(CC(C)=O)c(O)c2ccoc12. The minimum absolute atomic E-state index is 0.0567. The molecule has 1 aromatic heterocycles. The Morgan fingerprint density at radius 1 is 1.39 bits per heavy atom. The molecule has 2 aromatic rings. The van der Waals surface area contributed by atoms with Gasteiger partial charge in [0.2, 0.25) is 5.75 Å². The van der Waals surface area contributed by atoms with E-state index in [1.54, 1.807) is 13.0 Å². The standard InChI is InChI=1S/C13H14O5/c1-3-17-13-11(16)9(6-7(2)14)10(15)8-4-5-18-12(8)13/h4-5,15-16H,3,6H2,1-2H3. The number of ketones is 1. The molecule has 0 radical (unpaired) electrons. The minimum Gasteiger partial charge on any atom is -0.507 e. The fourth-order valence-corrected chi connectivity index (χ4v) is 1.89. The number of rotatable bonds is 4. The van der Waals surface area contributed by atoms with Gasteiger partial charge in [0.15, 0.2) is 11.3 Å². The summed E-state index contributed by atoms with van der Waals surface area (Å²) < 4.78 is 10.5. The monoisotopic (exact) mass is 250 g/mol. The summed E-state index contributed by atoms with van der Waals surface area (Å²) in [6, 6.07) is 1.57. The van der Waals surface area contributed by atoms with E-state index in [-0.39, 0.29) is 40.6 Å². The molecule has 2 N–H and O–H groups in total. The highest BCUT2D eigenvalue weighted by Crippen LogP contribution is 2.45. The van der Waals surface area contributed by atoms with Crippen molar-refractivity contribution in [1.82, 2.24) is 0 Å². The summed E-state index contributed by atoms with van der Waals surface area (Å²) in [7, 11) is 0. The van der Waals surface area contributed by atoms with Crippen LogP contribution in [0.5, 0.6) is 17.2 Å². The van der Waals surface area contributed by atoms with Crippen molar-refractivity contribution in [3.05, 3.63) is 17.9 Å². The van der Waals surface area contributed by atoms with Gasteiger partial charge in [-0.05, 0) is 19.9 Å². The normalized spacial score (nSPS) is 10.8. The maximum atomic E-state index is 11.2. The lowest BCUT2D eigenvalue weighted by Gasteiger charge is -2.12. The number of Topliss-reactive ketones (excluding diaryl/α,β-unsaturated/α-hetero) is 1. The lowest BCUT2D eigenvalue weighted by Crippen LogP contribution is -2.00. The molecule has 0 aliphatic rings. The van der Waals surface area contributed by atoms with E-state index in [1.165, 1.54) is 13.2 Å². The number of aromatic hydroxyl groups is 2. The van der Waals surface area contributed by atoms with Gasteiger partial charge in [-0.15, -0.1) is 0 Å². The van der Waals surface area contributed by atoms with Crippen LogP contribution in [0.3, 0.4) is 0 Å². The van der Waals surface area contributed by atoms with Crippen molar-refractivity contribution < 1.29 is 24.2 Å². The van der Waals surface area contributed by atoms with Crippen LogP contribution in [0.2, 0.25) is 0 Å². The lowest BCUT2D eigenvalue weighted by molar-refractivity contribution is -0.116. The molecule has 0 unspecified atom stereocenters. The zero-order valence-corrected chi connectivity index (χ0v) is 10.2. The van der Waals surface area contributed by atoms with Gasteiger partial charge in [0, 0.05) is 12.0 Å². The predicted octanol–water partition coefficient (Wildman–Crippen LogP) is 2.37. The zero-order valence-electron chi connectivity index (χ0n) is 10.2. The number of benzene rings is 1. The molecular weight excluding hydrogens is 236 g/mol. The number of furan rings is 1. The molecule has 1 heterocycles. The summed E-state index contributed by atoms with van der Waals surface area (Å²) in [4.78, 5) is 11.2. The van der Waals surface area contributed by atoms with Crippen molar-refractivity contribution in [3.63, 3.8) is 0 Å². The zero-order chi connectivity index (χ0) is 13.3. The number of fused-ring (bicyclic) bond motifs is 1. The van der Waals surface area contributed by atoms with Crippen LogP contribution in [0.25, 0.3) is 11.0 Å². The van der Waals surface area contributed by atoms with Gasteiger partial charge in [0.25, 0.3) is 0 Å². The van der Waals surface area contributed by atoms with Crippen molar-refractivity contribution in [3.8, 4) is 17.2 Å². The number of phenols is 2. The molecule has 0 atom stereocenters. The van der Waals surface area contributed by atoms with E-state index in [0.717, 1.165) is 0 Å². The molecule has 0 bridgehead atoms. The van der Waals surface area contributed by atoms with Gasteiger partial charge in [-0.3, -0.25) is 4.79 Å². The summed E-state index contributed by atoms with van der Waals surface area (Å²) in [5, 5.41) is 20.5. The molecule has 0 amide bonds. The maximum Gasteiger partial charge on any atom is 0.205 e. The van der Waals surface area contributed by atoms with Crippen LogP contribution in [0.4, 0.5) is 0 Å². The van der Waals surface area contributed by atoms with Crippen LogP contribution in [-0.2, 0) is 11.2 Å². The molecule has 0 aliphatic carbocycles. The van der Waals surface area contributed by atoms with E-state index in [2.05, 4.69) is 0 Å². The van der Waals surface area contributed by atoms with E-state index < -0.39 is 0 Å². The van der Waals surface area contributed by atoms with E-state index in [9.17, 15) is 15.0 Å². The average molecular weight is 250 g/mol. The third kappa shape index (κ3) is 1.88. The Morgan fingerprint density at radius 2 is 2.11 bits per heavy atom. The van der Waals surface area contributed by atoms with E-state index in [0.29, 0.717) is 12.0 Å². The van der Waals surface area contributed by atoms with Gasteiger partial charge in [0.1, 0.15) is 11.5 Å². The summed E-state index contributed by atoms with van der Waals surface area (Å²) in [6.45, 7) is 3.50. The first-order valence-corrected chi connectivity index (χ1v) is 5.62. The molecule has 5 nitrogen and oxygen atoms in total. The van der Waals surface area contributed by atoms with Crippen LogP contribution in [-0.4, -0.2) is 22.6 Å². The highest BCUT2D eigenvalue weighted by atomic mass is 16.5. The molecule has 96 valence electrons. The number of phenolic OH excluding ortho intramolecular Hbond substituents is 2. The van der Waals surface area contributed by atoms with Crippen molar-refractivity contribution in [2.24, 2.45) is 0 Å². The van der Waals surface area contributed by atoms with Crippen LogP contribution in [0.15, 0.2) is 16.7 Å². The third-order valence-corrected chi connectivity index (χ3v) is 2.63. The fraction of sp³-hybridized carbons (Fsp3) is 0.308. The van der Waals surface area contributed by atoms with Crippen molar-refractivity contribution in [1.29, 1.82) is 0 Å². The fourth-order valence-electron chi connectivity index (χ4n) is 1.89. The van der Waals surface area contributed by atoms with Crippen molar-refractivity contribution in [2.75, 3.05) is 6.61 Å². The van der Waals surface area contributed by atoms with Gasteiger partial charge in [-0.1, -0.05) is 0 Å². The van der Waals surface area contributed by atoms with Gasteiger partial charge >= 0.3 is 0 Å². The Kier molecular flexibility index (Phi) is 3.14. The molecular formula is C13H14O5. The summed E-state index contributed by atoms with van der Waals surface area (Å²) in [5.41, 5.74) is 0.444. The average Bonchev–Trinajstić information content (AvgIpc) is 2.79. The number of hydrogen-bond acceptors (Lipinski definition) is 5. The van der Waals surface area contributed by atoms with Gasteiger partial charge in [0.05, 0.1) is 18.3 Å². The summed E-state index contributed by atoms with van der Waals surface area (Å²) in [6.07, 6.45) is 1.34. The number of ether oxygens (including phenoxy) is 1. The van der Waals surface area contributed by atoms with Crippen LogP contribution >= 0.6 is 0 Å². The maximum absolute atomic E-state index is 11.2. The Balaban J connectivity index is 2.72. The molecule has 0 spiro atoms. The first-order chi connectivity index (χ1) is 8.56.